The summed E-state index contributed by atoms with van der Waals surface area (Å²) in [7, 11) is 0. The minimum atomic E-state index is -0.940. The molecule has 31 heavy (non-hydrogen) atoms. The minimum Gasteiger partial charge on any atom is -0.361 e. The Balaban J connectivity index is 1.27. The molecule has 4 amide bonds. The Labute approximate surface area is 184 Å². The van der Waals surface area contributed by atoms with E-state index in [9.17, 15) is 14.4 Å². The number of amides is 4. The van der Waals surface area contributed by atoms with Crippen LogP contribution in [0.2, 0.25) is 5.02 Å². The maximum absolute atomic E-state index is 13.1. The van der Waals surface area contributed by atoms with E-state index in [1.807, 2.05) is 30.5 Å². The van der Waals surface area contributed by atoms with Crippen LogP contribution in [0.1, 0.15) is 28.8 Å². The SMILES string of the molecule is O=C(c1ccc2[nH]ccc2c1)N1CCC2(CC1)NC(=O)N(Cc1ccc(Cl)cc1)C2=O. The Morgan fingerprint density at radius 2 is 1.77 bits per heavy atom. The maximum Gasteiger partial charge on any atom is 0.325 e. The number of likely N-dealkylation sites (tertiary alicyclic amines) is 1. The number of rotatable bonds is 3. The van der Waals surface area contributed by atoms with E-state index in [1.54, 1.807) is 29.2 Å². The van der Waals surface area contributed by atoms with Crippen LogP contribution in [0, 0.1) is 0 Å². The molecule has 158 valence electrons. The van der Waals surface area contributed by atoms with E-state index in [0.29, 0.717) is 36.5 Å². The summed E-state index contributed by atoms with van der Waals surface area (Å²) >= 11 is 5.91. The van der Waals surface area contributed by atoms with Gasteiger partial charge in [0, 0.05) is 40.8 Å². The average Bonchev–Trinajstić information content (AvgIpc) is 3.33. The Bertz CT molecular complexity index is 1180. The monoisotopic (exact) mass is 436 g/mol. The zero-order valence-corrected chi connectivity index (χ0v) is 17.5. The molecular weight excluding hydrogens is 416 g/mol. The lowest BCUT2D eigenvalue weighted by molar-refractivity contribution is -0.133. The summed E-state index contributed by atoms with van der Waals surface area (Å²) in [5.41, 5.74) is 1.49. The average molecular weight is 437 g/mol. The first-order valence-corrected chi connectivity index (χ1v) is 10.6. The number of carbonyl (C=O) groups excluding carboxylic acids is 3. The number of nitrogens with one attached hydrogen (secondary N) is 2. The van der Waals surface area contributed by atoms with Gasteiger partial charge in [0.2, 0.25) is 0 Å². The van der Waals surface area contributed by atoms with Crippen LogP contribution in [0.15, 0.2) is 54.7 Å². The maximum atomic E-state index is 13.1. The van der Waals surface area contributed by atoms with Crippen molar-refractivity contribution in [1.29, 1.82) is 0 Å². The molecule has 2 fully saturated rings. The Morgan fingerprint density at radius 1 is 1.03 bits per heavy atom. The van der Waals surface area contributed by atoms with E-state index in [2.05, 4.69) is 10.3 Å². The molecule has 0 unspecified atom stereocenters. The topological polar surface area (TPSA) is 85.5 Å². The van der Waals surface area contributed by atoms with Crippen molar-refractivity contribution in [2.75, 3.05) is 13.1 Å². The molecule has 0 saturated carbocycles. The van der Waals surface area contributed by atoms with Gasteiger partial charge in [0.25, 0.3) is 11.8 Å². The molecule has 2 aliphatic heterocycles. The highest BCUT2D eigenvalue weighted by molar-refractivity contribution is 6.30. The number of imide groups is 1. The molecule has 2 aliphatic rings. The van der Waals surface area contributed by atoms with Gasteiger partial charge in [0.15, 0.2) is 0 Å². The lowest BCUT2D eigenvalue weighted by Gasteiger charge is -2.37. The fourth-order valence-electron chi connectivity index (χ4n) is 4.39. The van der Waals surface area contributed by atoms with E-state index < -0.39 is 11.6 Å². The van der Waals surface area contributed by atoms with Crippen LogP contribution < -0.4 is 5.32 Å². The summed E-state index contributed by atoms with van der Waals surface area (Å²) in [5.74, 6) is -0.291. The summed E-state index contributed by atoms with van der Waals surface area (Å²) in [4.78, 5) is 44.8. The van der Waals surface area contributed by atoms with E-state index in [-0.39, 0.29) is 18.4 Å². The number of piperidine rings is 1. The lowest BCUT2D eigenvalue weighted by atomic mass is 9.87. The molecule has 3 aromatic rings. The Hall–Kier alpha value is -3.32. The zero-order valence-electron chi connectivity index (χ0n) is 16.7. The number of H-pyrrole nitrogens is 1. The van der Waals surface area contributed by atoms with Crippen molar-refractivity contribution in [3.05, 3.63) is 70.9 Å². The highest BCUT2D eigenvalue weighted by Crippen LogP contribution is 2.31. The van der Waals surface area contributed by atoms with Crippen molar-refractivity contribution in [3.63, 3.8) is 0 Å². The zero-order chi connectivity index (χ0) is 21.6. The molecule has 7 nitrogen and oxygen atoms in total. The quantitative estimate of drug-likeness (QED) is 0.616. The van der Waals surface area contributed by atoms with Gasteiger partial charge in [0.05, 0.1) is 6.54 Å². The number of nitrogens with zero attached hydrogens (tertiary/aromatic N) is 2. The van der Waals surface area contributed by atoms with Crippen LogP contribution in [0.25, 0.3) is 10.9 Å². The number of hydrogen-bond acceptors (Lipinski definition) is 3. The van der Waals surface area contributed by atoms with Gasteiger partial charge in [-0.15, -0.1) is 0 Å². The molecule has 0 aliphatic carbocycles. The second-order valence-corrected chi connectivity index (χ2v) is 8.54. The summed E-state index contributed by atoms with van der Waals surface area (Å²) in [6.07, 6.45) is 2.63. The third-order valence-electron chi connectivity index (χ3n) is 6.20. The molecule has 0 atom stereocenters. The van der Waals surface area contributed by atoms with Crippen LogP contribution in [-0.2, 0) is 11.3 Å². The van der Waals surface area contributed by atoms with Crippen molar-refractivity contribution in [1.82, 2.24) is 20.1 Å². The molecule has 0 bridgehead atoms. The van der Waals surface area contributed by atoms with Gasteiger partial charge in [-0.2, -0.15) is 0 Å². The number of aromatic nitrogens is 1. The molecule has 0 radical (unpaired) electrons. The standard InChI is InChI=1S/C23H21ClN4O3/c24-18-4-1-15(2-5-18)14-28-21(30)23(26-22(28)31)8-11-27(12-9-23)20(29)17-3-6-19-16(13-17)7-10-25-19/h1-7,10,13,25H,8-9,11-12,14H2,(H,26,31). The van der Waals surface area contributed by atoms with Crippen molar-refractivity contribution in [3.8, 4) is 0 Å². The number of aromatic amines is 1. The van der Waals surface area contributed by atoms with Crippen LogP contribution in [0.5, 0.6) is 0 Å². The van der Waals surface area contributed by atoms with Crippen molar-refractivity contribution < 1.29 is 14.4 Å². The molecule has 3 heterocycles. The highest BCUT2D eigenvalue weighted by Gasteiger charge is 2.52. The first-order chi connectivity index (χ1) is 14.9. The molecule has 2 N–H and O–H groups in total. The van der Waals surface area contributed by atoms with Crippen LogP contribution in [0.3, 0.4) is 0 Å². The van der Waals surface area contributed by atoms with E-state index in [4.69, 9.17) is 11.6 Å². The number of carbonyl (C=O) groups is 3. The van der Waals surface area contributed by atoms with Crippen LogP contribution in [0.4, 0.5) is 4.79 Å². The third-order valence-corrected chi connectivity index (χ3v) is 6.46. The van der Waals surface area contributed by atoms with Crippen molar-refractivity contribution in [2.45, 2.75) is 24.9 Å². The third kappa shape index (κ3) is 3.45. The summed E-state index contributed by atoms with van der Waals surface area (Å²) in [5, 5.41) is 4.47. The summed E-state index contributed by atoms with van der Waals surface area (Å²) < 4.78 is 0. The first kappa shape index (κ1) is 19.6. The van der Waals surface area contributed by atoms with E-state index in [1.165, 1.54) is 4.90 Å². The highest BCUT2D eigenvalue weighted by atomic mass is 35.5. The van der Waals surface area contributed by atoms with Gasteiger partial charge in [-0.3, -0.25) is 14.5 Å². The molecule has 2 aromatic carbocycles. The molecule has 8 heteroatoms. The van der Waals surface area contributed by atoms with Gasteiger partial charge < -0.3 is 15.2 Å². The predicted octanol–water partition coefficient (Wildman–Crippen LogP) is 3.55. The number of urea groups is 1. The molecule has 1 aromatic heterocycles. The Kier molecular flexibility index (Phi) is 4.70. The van der Waals surface area contributed by atoms with Crippen LogP contribution >= 0.6 is 11.6 Å². The number of benzene rings is 2. The fraction of sp³-hybridized carbons (Fsp3) is 0.261. The van der Waals surface area contributed by atoms with Gasteiger partial charge in [0.1, 0.15) is 5.54 Å². The molecule has 2 saturated heterocycles. The number of hydrogen-bond donors (Lipinski definition) is 2. The second-order valence-electron chi connectivity index (χ2n) is 8.10. The van der Waals surface area contributed by atoms with Gasteiger partial charge in [-0.1, -0.05) is 23.7 Å². The summed E-state index contributed by atoms with van der Waals surface area (Å²) in [6, 6.07) is 14.2. The van der Waals surface area contributed by atoms with E-state index in [0.717, 1.165) is 16.5 Å². The van der Waals surface area contributed by atoms with Crippen molar-refractivity contribution >= 4 is 40.3 Å². The lowest BCUT2D eigenvalue weighted by Crippen LogP contribution is -2.55. The van der Waals surface area contributed by atoms with Gasteiger partial charge >= 0.3 is 6.03 Å². The normalized spacial score (nSPS) is 18.1. The van der Waals surface area contributed by atoms with Crippen LogP contribution in [-0.4, -0.2) is 51.3 Å². The molecular formula is C23H21ClN4O3. The number of fused-ring (bicyclic) bond motifs is 1. The predicted molar refractivity (Wildman–Crippen MR) is 117 cm³/mol. The minimum absolute atomic E-state index is 0.0623. The Morgan fingerprint density at radius 3 is 2.52 bits per heavy atom. The number of halogens is 1. The summed E-state index contributed by atoms with van der Waals surface area (Å²) in [6.45, 7) is 1.01. The fourth-order valence-corrected chi connectivity index (χ4v) is 4.52. The van der Waals surface area contributed by atoms with Gasteiger partial charge in [-0.25, -0.2) is 4.79 Å². The van der Waals surface area contributed by atoms with Crippen molar-refractivity contribution in [2.24, 2.45) is 0 Å². The van der Waals surface area contributed by atoms with Gasteiger partial charge in [-0.05, 0) is 54.8 Å². The second kappa shape index (κ2) is 7.42. The molecule has 1 spiro atoms. The molecule has 5 rings (SSSR count). The first-order valence-electron chi connectivity index (χ1n) is 10.2. The largest absolute Gasteiger partial charge is 0.361 e. The smallest absolute Gasteiger partial charge is 0.325 e. The van der Waals surface area contributed by atoms with E-state index >= 15 is 0 Å².